The maximum atomic E-state index is 4.20. The van der Waals surface area contributed by atoms with Crippen LogP contribution in [0.5, 0.6) is 0 Å². The molecule has 0 unspecified atom stereocenters. The van der Waals surface area contributed by atoms with Gasteiger partial charge in [0.25, 0.3) is 0 Å². The highest BCUT2D eigenvalue weighted by molar-refractivity contribution is 5.26. The zero-order chi connectivity index (χ0) is 9.80. The van der Waals surface area contributed by atoms with Crippen molar-refractivity contribution in [2.75, 3.05) is 5.32 Å². The first-order valence-electron chi connectivity index (χ1n) is 4.62. The summed E-state index contributed by atoms with van der Waals surface area (Å²) in [5.74, 6) is 0.891. The minimum Gasteiger partial charge on any atom is -0.350 e. The molecule has 5 heteroatoms. The number of imidazole rings is 2. The van der Waals surface area contributed by atoms with Gasteiger partial charge in [-0.15, -0.1) is 0 Å². The SMILES string of the molecule is CCn1ccnc1NCc1cnc[nH]1. The molecule has 5 nitrogen and oxygen atoms in total. The number of nitrogens with zero attached hydrogens (tertiary/aromatic N) is 3. The minimum absolute atomic E-state index is 0.719. The fourth-order valence-corrected chi connectivity index (χ4v) is 1.29. The van der Waals surface area contributed by atoms with E-state index in [1.165, 1.54) is 0 Å². The van der Waals surface area contributed by atoms with Gasteiger partial charge in [-0.05, 0) is 6.92 Å². The number of nitrogens with one attached hydrogen (secondary N) is 2. The van der Waals surface area contributed by atoms with E-state index in [0.29, 0.717) is 0 Å². The molecule has 0 amide bonds. The second kappa shape index (κ2) is 3.95. The van der Waals surface area contributed by atoms with Crippen molar-refractivity contribution in [1.82, 2.24) is 19.5 Å². The highest BCUT2D eigenvalue weighted by Crippen LogP contribution is 2.05. The third-order valence-corrected chi connectivity index (χ3v) is 2.05. The highest BCUT2D eigenvalue weighted by atomic mass is 15.2. The van der Waals surface area contributed by atoms with Crippen molar-refractivity contribution in [2.24, 2.45) is 0 Å². The van der Waals surface area contributed by atoms with Crippen molar-refractivity contribution in [3.63, 3.8) is 0 Å². The summed E-state index contributed by atoms with van der Waals surface area (Å²) in [6, 6.07) is 0. The standard InChI is InChI=1S/C9H13N5/c1-2-14-4-3-11-9(14)12-6-8-5-10-7-13-8/h3-5,7H,2,6H2,1H3,(H,10,13)(H,11,12). The third-order valence-electron chi connectivity index (χ3n) is 2.05. The van der Waals surface area contributed by atoms with E-state index in [4.69, 9.17) is 0 Å². The summed E-state index contributed by atoms with van der Waals surface area (Å²) in [5.41, 5.74) is 1.05. The van der Waals surface area contributed by atoms with E-state index in [0.717, 1.165) is 24.7 Å². The van der Waals surface area contributed by atoms with Crippen LogP contribution in [0.2, 0.25) is 0 Å². The Labute approximate surface area is 82.2 Å². The molecule has 2 rings (SSSR count). The zero-order valence-electron chi connectivity index (χ0n) is 8.07. The van der Waals surface area contributed by atoms with Gasteiger partial charge in [0.1, 0.15) is 0 Å². The Bertz CT molecular complexity index is 376. The molecule has 0 bridgehead atoms. The van der Waals surface area contributed by atoms with Gasteiger partial charge in [0, 0.05) is 25.1 Å². The van der Waals surface area contributed by atoms with Crippen LogP contribution >= 0.6 is 0 Å². The Morgan fingerprint density at radius 1 is 1.57 bits per heavy atom. The highest BCUT2D eigenvalue weighted by Gasteiger charge is 2.00. The van der Waals surface area contributed by atoms with Gasteiger partial charge in [-0.1, -0.05) is 0 Å². The first-order valence-corrected chi connectivity index (χ1v) is 4.62. The van der Waals surface area contributed by atoms with E-state index < -0.39 is 0 Å². The van der Waals surface area contributed by atoms with Gasteiger partial charge in [0.15, 0.2) is 0 Å². The molecule has 0 atom stereocenters. The monoisotopic (exact) mass is 191 g/mol. The number of aromatic nitrogens is 4. The van der Waals surface area contributed by atoms with Crippen molar-refractivity contribution >= 4 is 5.95 Å². The number of aryl methyl sites for hydroxylation is 1. The largest absolute Gasteiger partial charge is 0.350 e. The number of rotatable bonds is 4. The summed E-state index contributed by atoms with van der Waals surface area (Å²) in [5, 5.41) is 3.23. The fourth-order valence-electron chi connectivity index (χ4n) is 1.29. The zero-order valence-corrected chi connectivity index (χ0v) is 8.07. The molecule has 2 aromatic heterocycles. The molecule has 0 saturated carbocycles. The Morgan fingerprint density at radius 3 is 3.21 bits per heavy atom. The molecule has 2 heterocycles. The van der Waals surface area contributed by atoms with E-state index in [2.05, 4.69) is 31.8 Å². The van der Waals surface area contributed by atoms with Gasteiger partial charge >= 0.3 is 0 Å². The number of hydrogen-bond donors (Lipinski definition) is 2. The van der Waals surface area contributed by atoms with Crippen LogP contribution < -0.4 is 5.32 Å². The predicted octanol–water partition coefficient (Wildman–Crippen LogP) is 1.24. The first kappa shape index (κ1) is 8.80. The summed E-state index contributed by atoms with van der Waals surface area (Å²) in [6.45, 7) is 3.73. The smallest absolute Gasteiger partial charge is 0.203 e. The normalized spacial score (nSPS) is 10.4. The Hall–Kier alpha value is -1.78. The maximum Gasteiger partial charge on any atom is 0.203 e. The summed E-state index contributed by atoms with van der Waals surface area (Å²) in [7, 11) is 0. The lowest BCUT2D eigenvalue weighted by molar-refractivity contribution is 0.762. The van der Waals surface area contributed by atoms with Crippen molar-refractivity contribution in [3.8, 4) is 0 Å². The van der Waals surface area contributed by atoms with Crippen LogP contribution in [-0.4, -0.2) is 19.5 Å². The summed E-state index contributed by atoms with van der Waals surface area (Å²) < 4.78 is 2.05. The van der Waals surface area contributed by atoms with Crippen molar-refractivity contribution < 1.29 is 0 Å². The van der Waals surface area contributed by atoms with E-state index in [-0.39, 0.29) is 0 Å². The van der Waals surface area contributed by atoms with E-state index >= 15 is 0 Å². The van der Waals surface area contributed by atoms with E-state index in [1.54, 1.807) is 18.7 Å². The molecule has 0 spiro atoms. The van der Waals surface area contributed by atoms with Gasteiger partial charge in [-0.2, -0.15) is 0 Å². The molecule has 74 valence electrons. The van der Waals surface area contributed by atoms with Crippen LogP contribution in [0.1, 0.15) is 12.6 Å². The number of aromatic amines is 1. The minimum atomic E-state index is 0.719. The number of hydrogen-bond acceptors (Lipinski definition) is 3. The van der Waals surface area contributed by atoms with Gasteiger partial charge < -0.3 is 14.9 Å². The third kappa shape index (κ3) is 1.76. The van der Waals surface area contributed by atoms with Gasteiger partial charge in [-0.3, -0.25) is 0 Å². The van der Waals surface area contributed by atoms with Crippen LogP contribution in [0.25, 0.3) is 0 Å². The molecule has 0 aliphatic carbocycles. The number of anilines is 1. The molecular formula is C9H13N5. The van der Waals surface area contributed by atoms with Crippen molar-refractivity contribution in [3.05, 3.63) is 30.6 Å². The van der Waals surface area contributed by atoms with Gasteiger partial charge in [0.2, 0.25) is 5.95 Å². The lowest BCUT2D eigenvalue weighted by Crippen LogP contribution is -2.06. The summed E-state index contributed by atoms with van der Waals surface area (Å²) >= 11 is 0. The molecule has 0 radical (unpaired) electrons. The van der Waals surface area contributed by atoms with Crippen LogP contribution in [-0.2, 0) is 13.1 Å². The molecular weight excluding hydrogens is 178 g/mol. The quantitative estimate of drug-likeness (QED) is 0.764. The van der Waals surface area contributed by atoms with Crippen LogP contribution in [0.15, 0.2) is 24.9 Å². The second-order valence-corrected chi connectivity index (χ2v) is 2.97. The molecule has 0 aliphatic heterocycles. The molecule has 14 heavy (non-hydrogen) atoms. The summed E-state index contributed by atoms with van der Waals surface area (Å²) in [6.07, 6.45) is 7.21. The van der Waals surface area contributed by atoms with E-state index in [9.17, 15) is 0 Å². The van der Waals surface area contributed by atoms with Gasteiger partial charge in [0.05, 0.1) is 18.6 Å². The average Bonchev–Trinajstić information content (AvgIpc) is 2.85. The molecule has 0 aromatic carbocycles. The molecule has 0 saturated heterocycles. The Kier molecular flexibility index (Phi) is 2.48. The predicted molar refractivity (Wildman–Crippen MR) is 53.8 cm³/mol. The molecule has 0 aliphatic rings. The van der Waals surface area contributed by atoms with E-state index in [1.807, 2.05) is 6.20 Å². The first-order chi connectivity index (χ1) is 6.90. The number of H-pyrrole nitrogens is 1. The Morgan fingerprint density at radius 2 is 2.50 bits per heavy atom. The van der Waals surface area contributed by atoms with Gasteiger partial charge in [-0.25, -0.2) is 9.97 Å². The lowest BCUT2D eigenvalue weighted by atomic mass is 10.5. The molecule has 2 aromatic rings. The van der Waals surface area contributed by atoms with Crippen LogP contribution in [0.4, 0.5) is 5.95 Å². The van der Waals surface area contributed by atoms with Crippen LogP contribution in [0.3, 0.4) is 0 Å². The maximum absolute atomic E-state index is 4.20. The molecule has 2 N–H and O–H groups in total. The fraction of sp³-hybridized carbons (Fsp3) is 0.333. The van der Waals surface area contributed by atoms with Crippen LogP contribution in [0, 0.1) is 0 Å². The summed E-state index contributed by atoms with van der Waals surface area (Å²) in [4.78, 5) is 11.2. The average molecular weight is 191 g/mol. The van der Waals surface area contributed by atoms with Crippen molar-refractivity contribution in [2.45, 2.75) is 20.0 Å². The van der Waals surface area contributed by atoms with Crippen molar-refractivity contribution in [1.29, 1.82) is 0 Å². The topological polar surface area (TPSA) is 58.5 Å². The molecule has 0 fully saturated rings. The second-order valence-electron chi connectivity index (χ2n) is 2.97. The lowest BCUT2D eigenvalue weighted by Gasteiger charge is -2.05. The Balaban J connectivity index is 1.98.